The largest absolute Gasteiger partial charge is 0.440 e. The van der Waals surface area contributed by atoms with Crippen molar-refractivity contribution in [3.8, 4) is 5.75 Å². The molecule has 1 heterocycles. The molecular weight excluding hydrogens is 354 g/mol. The van der Waals surface area contributed by atoms with E-state index >= 15 is 0 Å². The Morgan fingerprint density at radius 1 is 1.22 bits per heavy atom. The number of amides is 1. The smallest absolute Gasteiger partial charge is 0.387 e. The number of fused-ring (bicyclic) bond motifs is 1. The molecule has 3 aromatic rings. The molecule has 1 saturated carbocycles. The lowest BCUT2D eigenvalue weighted by Crippen LogP contribution is -2.07. The van der Waals surface area contributed by atoms with Crippen LogP contribution in [-0.4, -0.2) is 17.5 Å². The number of hydrogen-bond acceptors (Lipinski definition) is 4. The van der Waals surface area contributed by atoms with E-state index in [1.165, 1.54) is 18.2 Å². The van der Waals surface area contributed by atoms with E-state index in [4.69, 9.17) is 4.42 Å². The van der Waals surface area contributed by atoms with E-state index in [0.29, 0.717) is 28.3 Å². The maximum Gasteiger partial charge on any atom is 0.387 e. The van der Waals surface area contributed by atoms with Crippen molar-refractivity contribution in [2.45, 2.75) is 25.4 Å². The Hall–Kier alpha value is -3.22. The van der Waals surface area contributed by atoms with Gasteiger partial charge in [0.05, 0.1) is 0 Å². The van der Waals surface area contributed by atoms with E-state index in [1.807, 2.05) is 0 Å². The first-order chi connectivity index (χ1) is 13.1. The second-order valence-electron chi connectivity index (χ2n) is 6.28. The minimum atomic E-state index is -2.86. The maximum absolute atomic E-state index is 12.1. The topological polar surface area (TPSA) is 64.4 Å². The summed E-state index contributed by atoms with van der Waals surface area (Å²) in [7, 11) is 0. The molecule has 0 unspecified atom stereocenters. The molecule has 0 aliphatic heterocycles. The molecule has 1 amide bonds. The van der Waals surface area contributed by atoms with Crippen molar-refractivity contribution < 1.29 is 22.7 Å². The fourth-order valence-corrected chi connectivity index (χ4v) is 2.64. The maximum atomic E-state index is 12.1. The molecule has 27 heavy (non-hydrogen) atoms. The summed E-state index contributed by atoms with van der Waals surface area (Å²) in [6, 6.07) is 11.3. The van der Waals surface area contributed by atoms with E-state index in [0.717, 1.165) is 18.7 Å². The van der Waals surface area contributed by atoms with E-state index in [9.17, 15) is 13.6 Å². The van der Waals surface area contributed by atoms with Gasteiger partial charge in [0.1, 0.15) is 11.3 Å². The van der Waals surface area contributed by atoms with Crippen LogP contribution in [0.2, 0.25) is 0 Å². The molecule has 0 spiro atoms. The Morgan fingerprint density at radius 3 is 2.70 bits per heavy atom. The van der Waals surface area contributed by atoms with Gasteiger partial charge in [-0.3, -0.25) is 4.79 Å². The second kappa shape index (κ2) is 7.19. The normalized spacial score (nSPS) is 14.2. The number of oxazole rings is 1. The zero-order valence-corrected chi connectivity index (χ0v) is 14.2. The summed E-state index contributed by atoms with van der Waals surface area (Å²) in [6.45, 7) is -2.86. The Kier molecular flexibility index (Phi) is 4.58. The number of aromatic nitrogens is 1. The van der Waals surface area contributed by atoms with Crippen LogP contribution >= 0.6 is 0 Å². The van der Waals surface area contributed by atoms with Gasteiger partial charge in [0, 0.05) is 17.7 Å². The van der Waals surface area contributed by atoms with E-state index in [-0.39, 0.29) is 11.7 Å². The summed E-state index contributed by atoms with van der Waals surface area (Å²) in [5.74, 6) is 0.940. The van der Waals surface area contributed by atoms with Crippen molar-refractivity contribution in [2.24, 2.45) is 0 Å². The van der Waals surface area contributed by atoms with Gasteiger partial charge in [-0.1, -0.05) is 12.1 Å². The number of hydrogen-bond donors (Lipinski definition) is 1. The van der Waals surface area contributed by atoms with Crippen LogP contribution in [0.25, 0.3) is 17.2 Å². The fraction of sp³-hybridized carbons (Fsp3) is 0.200. The van der Waals surface area contributed by atoms with Crippen molar-refractivity contribution >= 4 is 28.8 Å². The molecule has 1 aliphatic rings. The van der Waals surface area contributed by atoms with Crippen molar-refractivity contribution in [1.82, 2.24) is 4.98 Å². The quantitative estimate of drug-likeness (QED) is 0.623. The third-order valence-corrected chi connectivity index (χ3v) is 4.13. The number of halogens is 2. The summed E-state index contributed by atoms with van der Waals surface area (Å²) < 4.78 is 34.2. The molecule has 1 fully saturated rings. The molecule has 4 rings (SSSR count). The van der Waals surface area contributed by atoms with Gasteiger partial charge in [-0.25, -0.2) is 4.98 Å². The molecule has 0 saturated heterocycles. The number of carbonyl (C=O) groups excluding carboxylic acids is 1. The highest BCUT2D eigenvalue weighted by Gasteiger charge is 2.28. The number of benzene rings is 2. The molecule has 138 valence electrons. The summed E-state index contributed by atoms with van der Waals surface area (Å²) >= 11 is 0. The van der Waals surface area contributed by atoms with Gasteiger partial charge in [-0.2, -0.15) is 8.78 Å². The molecule has 2 aromatic carbocycles. The zero-order chi connectivity index (χ0) is 18.8. The van der Waals surface area contributed by atoms with Gasteiger partial charge in [0.2, 0.25) is 5.91 Å². The van der Waals surface area contributed by atoms with Crippen molar-refractivity contribution in [1.29, 1.82) is 0 Å². The van der Waals surface area contributed by atoms with Crippen LogP contribution in [0.4, 0.5) is 14.5 Å². The van der Waals surface area contributed by atoms with Crippen LogP contribution in [0.3, 0.4) is 0 Å². The lowest BCUT2D eigenvalue weighted by atomic mass is 10.2. The van der Waals surface area contributed by atoms with Crippen molar-refractivity contribution in [3.63, 3.8) is 0 Å². The first kappa shape index (κ1) is 17.2. The SMILES string of the molecule is O=C(/C=C/c1ccc(OC(F)F)cc1)Nc1ccc2oc(C3CC3)nc2c1. The molecule has 0 bridgehead atoms. The summed E-state index contributed by atoms with van der Waals surface area (Å²) in [4.78, 5) is 16.6. The van der Waals surface area contributed by atoms with Crippen LogP contribution in [0.5, 0.6) is 5.75 Å². The molecule has 0 radical (unpaired) electrons. The number of nitrogens with one attached hydrogen (secondary N) is 1. The lowest BCUT2D eigenvalue weighted by Gasteiger charge is -2.04. The molecule has 1 aromatic heterocycles. The summed E-state index contributed by atoms with van der Waals surface area (Å²) in [6.07, 6.45) is 5.17. The number of ether oxygens (including phenoxy) is 1. The first-order valence-electron chi connectivity index (χ1n) is 8.51. The number of alkyl halides is 2. The highest BCUT2D eigenvalue weighted by Crippen LogP contribution is 2.40. The standard InChI is InChI=1S/C20H16F2N2O3/c21-20(22)26-15-7-1-12(2-8-15)3-10-18(25)23-14-6-9-17-16(11-14)24-19(27-17)13-4-5-13/h1-3,6-11,13,20H,4-5H2,(H,23,25)/b10-3+. The highest BCUT2D eigenvalue weighted by atomic mass is 19.3. The third kappa shape index (κ3) is 4.31. The number of rotatable bonds is 6. The summed E-state index contributed by atoms with van der Waals surface area (Å²) in [5.41, 5.74) is 2.73. The number of carbonyl (C=O) groups is 1. The molecule has 7 heteroatoms. The molecule has 0 atom stereocenters. The van der Waals surface area contributed by atoms with Crippen LogP contribution in [-0.2, 0) is 4.79 Å². The monoisotopic (exact) mass is 370 g/mol. The van der Waals surface area contributed by atoms with Crippen molar-refractivity contribution in [3.05, 3.63) is 60.0 Å². The van der Waals surface area contributed by atoms with Gasteiger partial charge < -0.3 is 14.5 Å². The van der Waals surface area contributed by atoms with E-state index in [1.54, 1.807) is 36.4 Å². The van der Waals surface area contributed by atoms with Gasteiger partial charge in [0.25, 0.3) is 0 Å². The van der Waals surface area contributed by atoms with E-state index < -0.39 is 6.61 Å². The van der Waals surface area contributed by atoms with Crippen molar-refractivity contribution in [2.75, 3.05) is 5.32 Å². The number of anilines is 1. The Bertz CT molecular complexity index is 992. The zero-order valence-electron chi connectivity index (χ0n) is 14.2. The Balaban J connectivity index is 1.39. The van der Waals surface area contributed by atoms with Crippen LogP contribution in [0.1, 0.15) is 30.2 Å². The highest BCUT2D eigenvalue weighted by molar-refractivity contribution is 6.02. The minimum Gasteiger partial charge on any atom is -0.440 e. The first-order valence-corrected chi connectivity index (χ1v) is 8.51. The average Bonchev–Trinajstić information content (AvgIpc) is 3.40. The third-order valence-electron chi connectivity index (χ3n) is 4.13. The predicted molar refractivity (Wildman–Crippen MR) is 96.7 cm³/mol. The molecule has 1 N–H and O–H groups in total. The van der Waals surface area contributed by atoms with Gasteiger partial charge in [-0.05, 0) is 54.8 Å². The summed E-state index contributed by atoms with van der Waals surface area (Å²) in [5, 5.41) is 2.76. The van der Waals surface area contributed by atoms with Gasteiger partial charge >= 0.3 is 6.61 Å². The predicted octanol–water partition coefficient (Wildman–Crippen LogP) is 4.96. The van der Waals surface area contributed by atoms with Crippen LogP contribution in [0, 0.1) is 0 Å². The van der Waals surface area contributed by atoms with Crippen LogP contribution in [0.15, 0.2) is 53.0 Å². The minimum absolute atomic E-state index is 0.0677. The van der Waals surface area contributed by atoms with Crippen LogP contribution < -0.4 is 10.1 Å². The Labute approximate surface area is 153 Å². The van der Waals surface area contributed by atoms with E-state index in [2.05, 4.69) is 15.0 Å². The second-order valence-corrected chi connectivity index (χ2v) is 6.28. The lowest BCUT2D eigenvalue weighted by molar-refractivity contribution is -0.111. The fourth-order valence-electron chi connectivity index (χ4n) is 2.64. The average molecular weight is 370 g/mol. The number of nitrogens with zero attached hydrogens (tertiary/aromatic N) is 1. The molecular formula is C20H16F2N2O3. The van der Waals surface area contributed by atoms with Gasteiger partial charge in [-0.15, -0.1) is 0 Å². The Morgan fingerprint density at radius 2 is 2.00 bits per heavy atom. The van der Waals surface area contributed by atoms with Gasteiger partial charge in [0.15, 0.2) is 11.5 Å². The molecule has 5 nitrogen and oxygen atoms in total. The molecule has 1 aliphatic carbocycles.